The van der Waals surface area contributed by atoms with Crippen LogP contribution >= 0.6 is 0 Å². The van der Waals surface area contributed by atoms with Gasteiger partial charge >= 0.3 is 0 Å². The number of carbonyl (C=O) groups is 1. The van der Waals surface area contributed by atoms with Crippen molar-refractivity contribution in [1.29, 1.82) is 0 Å². The molecule has 4 aromatic rings. The number of likely N-dealkylation sites (tertiary alicyclic amines) is 1. The molecule has 1 fully saturated rings. The maximum absolute atomic E-state index is 15.1. The lowest BCUT2D eigenvalue weighted by Gasteiger charge is -2.29. The lowest BCUT2D eigenvalue weighted by atomic mass is 10.1. The number of hydrogen-bond donors (Lipinski definition) is 1. The van der Waals surface area contributed by atoms with Crippen molar-refractivity contribution in [2.45, 2.75) is 51.7 Å². The Bertz CT molecular complexity index is 1520. The van der Waals surface area contributed by atoms with Gasteiger partial charge < -0.3 is 19.7 Å². The number of halogens is 2. The van der Waals surface area contributed by atoms with E-state index in [4.69, 9.17) is 9.47 Å². The minimum Gasteiger partial charge on any atom is -0.490 e. The molecule has 10 heteroatoms. The summed E-state index contributed by atoms with van der Waals surface area (Å²) in [6.07, 6.45) is 6.38. The molecule has 1 amide bonds. The van der Waals surface area contributed by atoms with Crippen LogP contribution in [0.15, 0.2) is 55.0 Å². The number of amides is 1. The van der Waals surface area contributed by atoms with E-state index in [0.29, 0.717) is 28.1 Å². The summed E-state index contributed by atoms with van der Waals surface area (Å²) in [5, 5.41) is 7.52. The molecule has 210 valence electrons. The van der Waals surface area contributed by atoms with Gasteiger partial charge in [0.25, 0.3) is 0 Å². The monoisotopic (exact) mass is 549 g/mol. The first kappa shape index (κ1) is 27.5. The van der Waals surface area contributed by atoms with Crippen molar-refractivity contribution in [2.75, 3.05) is 25.5 Å². The number of nitrogens with one attached hydrogen (secondary N) is 1. The van der Waals surface area contributed by atoms with Crippen LogP contribution in [0.3, 0.4) is 0 Å². The highest BCUT2D eigenvalue weighted by molar-refractivity contribution is 5.92. The van der Waals surface area contributed by atoms with E-state index in [9.17, 15) is 4.79 Å². The number of rotatable bonds is 7. The fourth-order valence-electron chi connectivity index (χ4n) is 4.60. The van der Waals surface area contributed by atoms with Crippen molar-refractivity contribution in [3.8, 4) is 17.2 Å². The van der Waals surface area contributed by atoms with Crippen molar-refractivity contribution >= 4 is 22.5 Å². The Balaban J connectivity index is 1.30. The molecular formula is C30H33F2N5O3. The highest BCUT2D eigenvalue weighted by Gasteiger charge is 2.21. The fraction of sp³-hybridized carbons (Fsp3) is 0.367. The molecule has 1 N–H and O–H groups in total. The van der Waals surface area contributed by atoms with Gasteiger partial charge in [0.05, 0.1) is 29.4 Å². The van der Waals surface area contributed by atoms with Crippen molar-refractivity contribution in [1.82, 2.24) is 19.7 Å². The first-order valence-corrected chi connectivity index (χ1v) is 13.3. The average Bonchev–Trinajstić information content (AvgIpc) is 3.39. The van der Waals surface area contributed by atoms with Crippen LogP contribution in [-0.2, 0) is 16.8 Å². The SMILES string of the molecule is CN1CCC(Oc2ccc3nccc(Oc4ccc(CC(=O)Nc5cnn(C(C)(C)C)c5)c(F)c4F)c3c2)CC1. The van der Waals surface area contributed by atoms with Crippen molar-refractivity contribution in [3.63, 3.8) is 0 Å². The number of carbonyl (C=O) groups excluding carboxylic acids is 1. The maximum Gasteiger partial charge on any atom is 0.228 e. The molecule has 0 bridgehead atoms. The first-order valence-electron chi connectivity index (χ1n) is 13.3. The van der Waals surface area contributed by atoms with E-state index in [0.717, 1.165) is 25.9 Å². The summed E-state index contributed by atoms with van der Waals surface area (Å²) in [5.41, 5.74) is 0.774. The highest BCUT2D eigenvalue weighted by Crippen LogP contribution is 2.34. The van der Waals surface area contributed by atoms with Gasteiger partial charge in [0, 0.05) is 36.4 Å². The Labute approximate surface area is 231 Å². The minimum atomic E-state index is -1.17. The molecule has 3 heterocycles. The molecule has 8 nitrogen and oxygen atoms in total. The summed E-state index contributed by atoms with van der Waals surface area (Å²) in [4.78, 5) is 19.2. The van der Waals surface area contributed by atoms with E-state index in [2.05, 4.69) is 27.3 Å². The van der Waals surface area contributed by atoms with Crippen LogP contribution in [0.5, 0.6) is 17.2 Å². The van der Waals surface area contributed by atoms with E-state index in [1.54, 1.807) is 23.1 Å². The molecule has 1 aliphatic rings. The number of nitrogens with zero attached hydrogens (tertiary/aromatic N) is 4. The Morgan fingerprint density at radius 1 is 1.07 bits per heavy atom. The van der Waals surface area contributed by atoms with Gasteiger partial charge in [-0.25, -0.2) is 4.39 Å². The zero-order valence-corrected chi connectivity index (χ0v) is 23.1. The van der Waals surface area contributed by atoms with Crippen LogP contribution in [0, 0.1) is 11.6 Å². The van der Waals surface area contributed by atoms with Crippen molar-refractivity contribution < 1.29 is 23.0 Å². The molecule has 0 atom stereocenters. The summed E-state index contributed by atoms with van der Waals surface area (Å²) >= 11 is 0. The predicted molar refractivity (Wildman–Crippen MR) is 149 cm³/mol. The summed E-state index contributed by atoms with van der Waals surface area (Å²) in [6, 6.07) is 9.75. The number of piperidine rings is 1. The Morgan fingerprint density at radius 3 is 2.58 bits per heavy atom. The van der Waals surface area contributed by atoms with E-state index in [1.807, 2.05) is 39.0 Å². The van der Waals surface area contributed by atoms with Crippen molar-refractivity contribution in [3.05, 3.63) is 72.2 Å². The highest BCUT2D eigenvalue weighted by atomic mass is 19.2. The number of pyridine rings is 1. The van der Waals surface area contributed by atoms with Crippen LogP contribution in [0.25, 0.3) is 10.9 Å². The lowest BCUT2D eigenvalue weighted by molar-refractivity contribution is -0.115. The molecular weight excluding hydrogens is 516 g/mol. The third-order valence-corrected chi connectivity index (χ3v) is 6.89. The summed E-state index contributed by atoms with van der Waals surface area (Å²) in [5.74, 6) is -2.10. The zero-order chi connectivity index (χ0) is 28.4. The second-order valence-electron chi connectivity index (χ2n) is 11.1. The molecule has 1 saturated heterocycles. The Hall–Kier alpha value is -4.05. The van der Waals surface area contributed by atoms with Crippen LogP contribution in [-0.4, -0.2) is 51.8 Å². The fourth-order valence-corrected chi connectivity index (χ4v) is 4.60. The maximum atomic E-state index is 15.1. The van der Waals surface area contributed by atoms with E-state index >= 15 is 8.78 Å². The predicted octanol–water partition coefficient (Wildman–Crippen LogP) is 5.91. The average molecular weight is 550 g/mol. The molecule has 2 aromatic carbocycles. The number of aromatic nitrogens is 3. The lowest BCUT2D eigenvalue weighted by Crippen LogP contribution is -2.35. The number of anilines is 1. The van der Waals surface area contributed by atoms with E-state index < -0.39 is 17.5 Å². The van der Waals surface area contributed by atoms with Gasteiger partial charge in [-0.3, -0.25) is 14.5 Å². The third-order valence-electron chi connectivity index (χ3n) is 6.89. The number of fused-ring (bicyclic) bond motifs is 1. The van der Waals surface area contributed by atoms with Gasteiger partial charge in [0.2, 0.25) is 11.7 Å². The Morgan fingerprint density at radius 2 is 1.85 bits per heavy atom. The van der Waals surface area contributed by atoms with Gasteiger partial charge in [-0.05, 0) is 71.0 Å². The summed E-state index contributed by atoms with van der Waals surface area (Å²) < 4.78 is 43.8. The molecule has 40 heavy (non-hydrogen) atoms. The molecule has 0 spiro atoms. The molecule has 0 saturated carbocycles. The number of ether oxygens (including phenoxy) is 2. The normalized spacial score (nSPS) is 14.8. The van der Waals surface area contributed by atoms with Gasteiger partial charge in [0.1, 0.15) is 17.6 Å². The second-order valence-corrected chi connectivity index (χ2v) is 11.1. The second kappa shape index (κ2) is 11.2. The van der Waals surface area contributed by atoms with Gasteiger partial charge in [-0.15, -0.1) is 0 Å². The van der Waals surface area contributed by atoms with Gasteiger partial charge in [0.15, 0.2) is 11.6 Å². The molecule has 2 aromatic heterocycles. The number of hydrogen-bond acceptors (Lipinski definition) is 6. The molecule has 0 aliphatic carbocycles. The van der Waals surface area contributed by atoms with Crippen LogP contribution in [0.2, 0.25) is 0 Å². The van der Waals surface area contributed by atoms with Crippen LogP contribution < -0.4 is 14.8 Å². The summed E-state index contributed by atoms with van der Waals surface area (Å²) in [7, 11) is 2.09. The largest absolute Gasteiger partial charge is 0.490 e. The topological polar surface area (TPSA) is 81.5 Å². The van der Waals surface area contributed by atoms with Crippen molar-refractivity contribution in [2.24, 2.45) is 0 Å². The Kier molecular flexibility index (Phi) is 7.71. The van der Waals surface area contributed by atoms with E-state index in [1.165, 1.54) is 18.3 Å². The van der Waals surface area contributed by atoms with Crippen LogP contribution in [0.4, 0.5) is 14.5 Å². The zero-order valence-electron chi connectivity index (χ0n) is 23.1. The van der Waals surface area contributed by atoms with Gasteiger partial charge in [-0.2, -0.15) is 9.49 Å². The van der Waals surface area contributed by atoms with E-state index in [-0.39, 0.29) is 29.4 Å². The minimum absolute atomic E-state index is 0.0843. The summed E-state index contributed by atoms with van der Waals surface area (Å²) in [6.45, 7) is 7.87. The number of benzene rings is 2. The molecule has 5 rings (SSSR count). The first-order chi connectivity index (χ1) is 19.1. The molecule has 1 aliphatic heterocycles. The molecule has 0 unspecified atom stereocenters. The quantitative estimate of drug-likeness (QED) is 0.309. The third kappa shape index (κ3) is 6.22. The van der Waals surface area contributed by atoms with Crippen LogP contribution in [0.1, 0.15) is 39.2 Å². The standard InChI is InChI=1S/C30H33F2N5O3/c1-30(2,3)37-18-20(17-34-37)35-27(38)15-19-5-8-26(29(32)28(19)31)40-25-9-12-33-24-7-6-22(16-23(24)25)39-21-10-13-36(4)14-11-21/h5-9,12,16-18,21H,10-11,13-15H2,1-4H3,(H,35,38). The van der Waals surface area contributed by atoms with Gasteiger partial charge in [-0.1, -0.05) is 6.07 Å². The smallest absolute Gasteiger partial charge is 0.228 e. The molecule has 0 radical (unpaired) electrons.